The summed E-state index contributed by atoms with van der Waals surface area (Å²) in [5, 5.41) is 47.4. The molecular weight excluding hydrogens is 554 g/mol. The molecule has 2 fully saturated rings. The first-order valence-corrected chi connectivity index (χ1v) is 14.7. The summed E-state index contributed by atoms with van der Waals surface area (Å²) in [6.45, 7) is 5.06. The van der Waals surface area contributed by atoms with Gasteiger partial charge in [-0.05, 0) is 70.4 Å². The van der Waals surface area contributed by atoms with Crippen molar-refractivity contribution in [2.45, 2.75) is 50.8 Å². The van der Waals surface area contributed by atoms with E-state index in [0.29, 0.717) is 41.7 Å². The highest BCUT2D eigenvalue weighted by Gasteiger charge is 2.64. The van der Waals surface area contributed by atoms with Crippen LogP contribution in [-0.4, -0.2) is 93.1 Å². The molecular formula is C32H37N3O8. The van der Waals surface area contributed by atoms with Gasteiger partial charge in [0.2, 0.25) is 5.78 Å². The molecule has 6 N–H and O–H groups in total. The lowest BCUT2D eigenvalue weighted by molar-refractivity contribution is -0.153. The van der Waals surface area contributed by atoms with Gasteiger partial charge in [0, 0.05) is 34.4 Å². The average molecular weight is 592 g/mol. The summed E-state index contributed by atoms with van der Waals surface area (Å²) in [7, 11) is 3.15. The fourth-order valence-corrected chi connectivity index (χ4v) is 7.39. The van der Waals surface area contributed by atoms with Crippen LogP contribution < -0.4 is 10.5 Å². The van der Waals surface area contributed by atoms with Crippen LogP contribution in [0, 0.1) is 11.8 Å². The molecule has 1 heterocycles. The number of fused-ring (bicyclic) bond motifs is 4. The standard InChI is InChI=1S/C32H37N3O8/c1-4-10-43-28-17-7-6-15(14-35-8-5-9-35)11-18(17)25(36)22-19(28)12-16-13-20-24(34(2)3)27(38)23(31(33)41)30(40)32(20,42)29(39)21(16)26(22)37/h6-7,11,16,20,24,36-37,40,42H,4-5,8-10,12-14H2,1-3H3,(H2,33,41)/t16?,20?,24-,32-/m0/s1. The van der Waals surface area contributed by atoms with Crippen molar-refractivity contribution in [3.8, 4) is 11.5 Å². The van der Waals surface area contributed by atoms with Crippen LogP contribution in [0.1, 0.15) is 42.9 Å². The maximum Gasteiger partial charge on any atom is 0.255 e. The maximum atomic E-state index is 14.2. The van der Waals surface area contributed by atoms with Crippen LogP contribution in [0.4, 0.5) is 0 Å². The smallest absolute Gasteiger partial charge is 0.255 e. The lowest BCUT2D eigenvalue weighted by Gasteiger charge is -2.50. The SMILES string of the molecule is CCCOc1c2c(c(O)c3cc(CN4CCC4)ccc13)C(O)=C1C(=O)[C@]3(O)C(O)=C(C(N)=O)C(=O)[C@@H](N(C)C)C3CC1C2. The predicted octanol–water partition coefficient (Wildman–Crippen LogP) is 2.11. The summed E-state index contributed by atoms with van der Waals surface area (Å²) in [5.74, 6) is -6.23. The van der Waals surface area contributed by atoms with E-state index in [1.807, 2.05) is 25.1 Å². The van der Waals surface area contributed by atoms with Crippen molar-refractivity contribution in [3.05, 3.63) is 51.8 Å². The number of aliphatic hydroxyl groups is 3. The number of phenols is 1. The van der Waals surface area contributed by atoms with Gasteiger partial charge < -0.3 is 30.9 Å². The van der Waals surface area contributed by atoms with Crippen LogP contribution >= 0.6 is 0 Å². The largest absolute Gasteiger partial charge is 0.508 e. The van der Waals surface area contributed by atoms with E-state index >= 15 is 0 Å². The number of likely N-dealkylation sites (tertiary alicyclic amines) is 1. The van der Waals surface area contributed by atoms with Gasteiger partial charge in [-0.15, -0.1) is 0 Å². The van der Waals surface area contributed by atoms with Crippen LogP contribution in [0.5, 0.6) is 11.5 Å². The first-order valence-electron chi connectivity index (χ1n) is 14.7. The molecule has 3 aliphatic carbocycles. The van der Waals surface area contributed by atoms with E-state index in [1.54, 1.807) is 14.1 Å². The molecule has 0 aromatic heterocycles. The second-order valence-corrected chi connectivity index (χ2v) is 12.4. The predicted molar refractivity (Wildman–Crippen MR) is 157 cm³/mol. The second-order valence-electron chi connectivity index (χ2n) is 12.4. The van der Waals surface area contributed by atoms with E-state index in [4.69, 9.17) is 10.5 Å². The monoisotopic (exact) mass is 591 g/mol. The minimum absolute atomic E-state index is 0.0204. The van der Waals surface area contributed by atoms with Crippen molar-refractivity contribution in [1.29, 1.82) is 0 Å². The molecule has 1 aliphatic heterocycles. The van der Waals surface area contributed by atoms with E-state index < -0.39 is 58.0 Å². The van der Waals surface area contributed by atoms with Crippen molar-refractivity contribution in [3.63, 3.8) is 0 Å². The zero-order valence-electron chi connectivity index (χ0n) is 24.5. The van der Waals surface area contributed by atoms with Gasteiger partial charge in [-0.1, -0.05) is 19.1 Å². The topological polar surface area (TPSA) is 174 Å². The number of amides is 1. The minimum Gasteiger partial charge on any atom is -0.508 e. The van der Waals surface area contributed by atoms with Gasteiger partial charge in [-0.25, -0.2) is 0 Å². The number of carbonyl (C=O) groups is 3. The van der Waals surface area contributed by atoms with E-state index in [1.165, 1.54) is 4.90 Å². The molecule has 0 radical (unpaired) electrons. The Labute approximate surface area is 248 Å². The number of hydrogen-bond acceptors (Lipinski definition) is 10. The third kappa shape index (κ3) is 4.16. The number of nitrogens with zero attached hydrogens (tertiary/aromatic N) is 2. The molecule has 1 saturated carbocycles. The Balaban J connectivity index is 1.56. The van der Waals surface area contributed by atoms with Crippen molar-refractivity contribution in [2.75, 3.05) is 33.8 Å². The molecule has 4 atom stereocenters. The van der Waals surface area contributed by atoms with Gasteiger partial charge in [0.1, 0.15) is 28.6 Å². The lowest BCUT2D eigenvalue weighted by Crippen LogP contribution is -2.65. The maximum absolute atomic E-state index is 14.2. The fraction of sp³-hybridized carbons (Fsp3) is 0.469. The number of Topliss-reactive ketones (excluding diaryl/α,β-unsaturated/α-hetero) is 2. The summed E-state index contributed by atoms with van der Waals surface area (Å²) in [6, 6.07) is 4.64. The minimum atomic E-state index is -2.68. The zero-order valence-corrected chi connectivity index (χ0v) is 24.5. The van der Waals surface area contributed by atoms with Crippen LogP contribution in [0.15, 0.2) is 35.1 Å². The van der Waals surface area contributed by atoms with Crippen LogP contribution in [0.25, 0.3) is 16.5 Å². The molecule has 1 saturated heterocycles. The molecule has 43 heavy (non-hydrogen) atoms. The number of aromatic hydroxyl groups is 1. The number of likely N-dealkylation sites (N-methyl/N-ethyl adjacent to an activating group) is 1. The zero-order chi connectivity index (χ0) is 31.0. The number of primary amides is 1. The van der Waals surface area contributed by atoms with E-state index in [-0.39, 0.29) is 29.7 Å². The van der Waals surface area contributed by atoms with E-state index in [2.05, 4.69) is 4.90 Å². The number of ether oxygens (including phenoxy) is 1. The molecule has 11 heteroatoms. The molecule has 0 spiro atoms. The quantitative estimate of drug-likeness (QED) is 0.300. The Morgan fingerprint density at radius 1 is 1.16 bits per heavy atom. The Morgan fingerprint density at radius 3 is 2.49 bits per heavy atom. The van der Waals surface area contributed by atoms with E-state index in [9.17, 15) is 34.8 Å². The number of carbonyl (C=O) groups excluding carboxylic acids is 3. The van der Waals surface area contributed by atoms with Crippen LogP contribution in [-0.2, 0) is 27.3 Å². The van der Waals surface area contributed by atoms with E-state index in [0.717, 1.165) is 25.1 Å². The Kier molecular flexibility index (Phi) is 7.02. The van der Waals surface area contributed by atoms with Gasteiger partial charge in [-0.3, -0.25) is 24.2 Å². The van der Waals surface area contributed by atoms with Gasteiger partial charge in [0.05, 0.1) is 18.2 Å². The number of nitrogens with two attached hydrogens (primary N) is 1. The van der Waals surface area contributed by atoms with Gasteiger partial charge in [0.25, 0.3) is 5.91 Å². The number of rotatable bonds is 7. The average Bonchev–Trinajstić information content (AvgIpc) is 2.92. The summed E-state index contributed by atoms with van der Waals surface area (Å²) >= 11 is 0. The summed E-state index contributed by atoms with van der Waals surface area (Å²) in [4.78, 5) is 43.5. The number of hydrogen-bond donors (Lipinski definition) is 5. The molecule has 6 rings (SSSR count). The summed E-state index contributed by atoms with van der Waals surface area (Å²) < 4.78 is 6.24. The summed E-state index contributed by atoms with van der Waals surface area (Å²) in [6.07, 6.45) is 2.05. The number of phenolic OH excluding ortho intramolecular Hbond substituents is 1. The molecule has 2 aromatic carbocycles. The van der Waals surface area contributed by atoms with Crippen molar-refractivity contribution < 1.29 is 39.5 Å². The first kappa shape index (κ1) is 29.2. The van der Waals surface area contributed by atoms with Crippen molar-refractivity contribution in [2.24, 2.45) is 17.6 Å². The van der Waals surface area contributed by atoms with Crippen LogP contribution in [0.3, 0.4) is 0 Å². The molecule has 2 aromatic rings. The summed E-state index contributed by atoms with van der Waals surface area (Å²) in [5.41, 5.74) is 3.27. The van der Waals surface area contributed by atoms with Crippen LogP contribution in [0.2, 0.25) is 0 Å². The molecule has 0 bridgehead atoms. The third-order valence-corrected chi connectivity index (χ3v) is 9.52. The second kappa shape index (κ2) is 10.4. The Morgan fingerprint density at radius 2 is 1.88 bits per heavy atom. The van der Waals surface area contributed by atoms with Gasteiger partial charge in [0.15, 0.2) is 11.4 Å². The highest BCUT2D eigenvalue weighted by Crippen LogP contribution is 2.55. The van der Waals surface area contributed by atoms with Crippen molar-refractivity contribution >= 4 is 34.0 Å². The molecule has 228 valence electrons. The number of ketones is 2. The molecule has 1 amide bonds. The fourth-order valence-electron chi connectivity index (χ4n) is 7.39. The Bertz CT molecular complexity index is 1640. The number of benzene rings is 2. The van der Waals surface area contributed by atoms with Gasteiger partial charge in [-0.2, -0.15) is 0 Å². The number of aliphatic hydroxyl groups excluding tert-OH is 2. The normalized spacial score (nSPS) is 27.2. The molecule has 4 aliphatic rings. The highest BCUT2D eigenvalue weighted by atomic mass is 16.5. The molecule has 11 nitrogen and oxygen atoms in total. The molecule has 2 unspecified atom stereocenters. The highest BCUT2D eigenvalue weighted by molar-refractivity contribution is 6.24. The Hall–Kier alpha value is -3.93. The third-order valence-electron chi connectivity index (χ3n) is 9.52. The van der Waals surface area contributed by atoms with Crippen molar-refractivity contribution in [1.82, 2.24) is 9.80 Å². The lowest BCUT2D eigenvalue weighted by atomic mass is 9.57. The first-order chi connectivity index (χ1) is 20.4. The van der Waals surface area contributed by atoms with Gasteiger partial charge >= 0.3 is 0 Å².